The summed E-state index contributed by atoms with van der Waals surface area (Å²) in [4.78, 5) is 0. The van der Waals surface area contributed by atoms with Gasteiger partial charge in [0, 0.05) is 6.04 Å². The second-order valence-corrected chi connectivity index (χ2v) is 5.46. The zero-order valence-corrected chi connectivity index (χ0v) is 12.0. The highest BCUT2D eigenvalue weighted by Crippen LogP contribution is 2.22. The summed E-state index contributed by atoms with van der Waals surface area (Å²) in [6.07, 6.45) is 4.06. The number of benzene rings is 1. The molecule has 0 amide bonds. The fourth-order valence-corrected chi connectivity index (χ4v) is 2.53. The number of halogens is 2. The molecular formula is C12H17BrFNS. The van der Waals surface area contributed by atoms with E-state index in [0.717, 1.165) is 24.2 Å². The molecule has 1 aromatic carbocycles. The molecule has 0 aliphatic carbocycles. The number of rotatable bonds is 6. The first-order valence-electron chi connectivity index (χ1n) is 5.28. The van der Waals surface area contributed by atoms with Crippen molar-refractivity contribution >= 4 is 27.7 Å². The second-order valence-electron chi connectivity index (χ2n) is 3.68. The highest BCUT2D eigenvalue weighted by atomic mass is 79.9. The molecular weight excluding hydrogens is 289 g/mol. The number of likely N-dealkylation sites (N-methyl/N-ethyl adjacent to an activating group) is 1. The van der Waals surface area contributed by atoms with Crippen molar-refractivity contribution in [2.24, 2.45) is 0 Å². The average Bonchev–Trinajstić information content (AvgIpc) is 2.30. The third-order valence-electron chi connectivity index (χ3n) is 2.58. The SMILES string of the molecule is CNC(CCSC)Cc1cccc(F)c1Br. The van der Waals surface area contributed by atoms with E-state index in [0.29, 0.717) is 10.5 Å². The Morgan fingerprint density at radius 3 is 2.88 bits per heavy atom. The van der Waals surface area contributed by atoms with Crippen molar-refractivity contribution in [1.82, 2.24) is 5.32 Å². The fourth-order valence-electron chi connectivity index (χ4n) is 1.58. The fraction of sp³-hybridized carbons (Fsp3) is 0.500. The third kappa shape index (κ3) is 4.07. The van der Waals surface area contributed by atoms with Crippen LogP contribution in [0.5, 0.6) is 0 Å². The average molecular weight is 306 g/mol. The predicted molar refractivity (Wildman–Crippen MR) is 73.7 cm³/mol. The molecule has 1 unspecified atom stereocenters. The van der Waals surface area contributed by atoms with Gasteiger partial charge in [0.2, 0.25) is 0 Å². The lowest BCUT2D eigenvalue weighted by Crippen LogP contribution is -2.28. The van der Waals surface area contributed by atoms with Crippen LogP contribution >= 0.6 is 27.7 Å². The van der Waals surface area contributed by atoms with E-state index in [1.165, 1.54) is 6.07 Å². The zero-order valence-electron chi connectivity index (χ0n) is 9.59. The van der Waals surface area contributed by atoms with Crippen LogP contribution in [0.15, 0.2) is 22.7 Å². The molecule has 0 aromatic heterocycles. The molecule has 90 valence electrons. The Morgan fingerprint density at radius 2 is 2.25 bits per heavy atom. The summed E-state index contributed by atoms with van der Waals surface area (Å²) in [6.45, 7) is 0. The van der Waals surface area contributed by atoms with Gasteiger partial charge in [-0.25, -0.2) is 4.39 Å². The van der Waals surface area contributed by atoms with Crippen molar-refractivity contribution in [2.45, 2.75) is 18.9 Å². The van der Waals surface area contributed by atoms with Crippen LogP contribution in [0.3, 0.4) is 0 Å². The van der Waals surface area contributed by atoms with E-state index in [1.807, 2.05) is 24.9 Å². The number of hydrogen-bond donors (Lipinski definition) is 1. The molecule has 1 rings (SSSR count). The van der Waals surface area contributed by atoms with Gasteiger partial charge in [-0.15, -0.1) is 0 Å². The molecule has 4 heteroatoms. The Labute approximate surface area is 109 Å². The first-order valence-corrected chi connectivity index (χ1v) is 7.46. The van der Waals surface area contributed by atoms with Crippen LogP contribution in [0.4, 0.5) is 4.39 Å². The zero-order chi connectivity index (χ0) is 12.0. The summed E-state index contributed by atoms with van der Waals surface area (Å²) < 4.78 is 13.9. The van der Waals surface area contributed by atoms with E-state index in [1.54, 1.807) is 6.07 Å². The van der Waals surface area contributed by atoms with E-state index in [9.17, 15) is 4.39 Å². The van der Waals surface area contributed by atoms with Gasteiger partial charge in [-0.1, -0.05) is 12.1 Å². The van der Waals surface area contributed by atoms with Gasteiger partial charge in [0.15, 0.2) is 0 Å². The Hall–Kier alpha value is -0.0600. The van der Waals surface area contributed by atoms with Crippen LogP contribution in [0, 0.1) is 5.82 Å². The molecule has 0 radical (unpaired) electrons. The van der Waals surface area contributed by atoms with Crippen LogP contribution in [-0.2, 0) is 6.42 Å². The Kier molecular flexibility index (Phi) is 6.39. The molecule has 0 saturated carbocycles. The van der Waals surface area contributed by atoms with Gasteiger partial charge in [-0.05, 0) is 59.5 Å². The summed E-state index contributed by atoms with van der Waals surface area (Å²) in [6, 6.07) is 5.61. The van der Waals surface area contributed by atoms with Crippen molar-refractivity contribution in [1.29, 1.82) is 0 Å². The summed E-state index contributed by atoms with van der Waals surface area (Å²) >= 11 is 5.14. The topological polar surface area (TPSA) is 12.0 Å². The minimum atomic E-state index is -0.183. The monoisotopic (exact) mass is 305 g/mol. The molecule has 16 heavy (non-hydrogen) atoms. The van der Waals surface area contributed by atoms with E-state index in [4.69, 9.17) is 0 Å². The van der Waals surface area contributed by atoms with Gasteiger partial charge in [-0.3, -0.25) is 0 Å². The lowest BCUT2D eigenvalue weighted by atomic mass is 10.0. The van der Waals surface area contributed by atoms with E-state index in [-0.39, 0.29) is 5.82 Å². The predicted octanol–water partition coefficient (Wildman–Crippen LogP) is 3.47. The number of thioether (sulfide) groups is 1. The molecule has 1 N–H and O–H groups in total. The van der Waals surface area contributed by atoms with Crippen LogP contribution in [0.2, 0.25) is 0 Å². The normalized spacial score (nSPS) is 12.8. The Balaban J connectivity index is 2.66. The lowest BCUT2D eigenvalue weighted by Gasteiger charge is -2.16. The lowest BCUT2D eigenvalue weighted by molar-refractivity contribution is 0.542. The summed E-state index contributed by atoms with van der Waals surface area (Å²) in [5.41, 5.74) is 1.03. The van der Waals surface area contributed by atoms with Crippen molar-refractivity contribution in [3.63, 3.8) is 0 Å². The smallest absolute Gasteiger partial charge is 0.137 e. The molecule has 0 bridgehead atoms. The molecule has 0 fully saturated rings. The molecule has 0 heterocycles. The second kappa shape index (κ2) is 7.30. The van der Waals surface area contributed by atoms with Crippen molar-refractivity contribution < 1.29 is 4.39 Å². The maximum Gasteiger partial charge on any atom is 0.137 e. The molecule has 1 atom stereocenters. The minimum absolute atomic E-state index is 0.183. The summed E-state index contributed by atoms with van der Waals surface area (Å²) in [5.74, 6) is 0.940. The molecule has 0 spiro atoms. The van der Waals surface area contributed by atoms with E-state index >= 15 is 0 Å². The first-order chi connectivity index (χ1) is 7.69. The molecule has 0 aliphatic rings. The Bertz CT molecular complexity index is 333. The standard InChI is InChI=1S/C12H17BrFNS/c1-15-10(6-7-16-2)8-9-4-3-5-11(14)12(9)13/h3-5,10,15H,6-8H2,1-2H3. The quantitative estimate of drug-likeness (QED) is 0.863. The third-order valence-corrected chi connectivity index (χ3v) is 4.11. The van der Waals surface area contributed by atoms with E-state index in [2.05, 4.69) is 27.5 Å². The van der Waals surface area contributed by atoms with E-state index < -0.39 is 0 Å². The van der Waals surface area contributed by atoms with Crippen molar-refractivity contribution in [3.8, 4) is 0 Å². The maximum absolute atomic E-state index is 13.3. The summed E-state index contributed by atoms with van der Waals surface area (Å²) in [7, 11) is 1.96. The molecule has 1 nitrogen and oxygen atoms in total. The van der Waals surface area contributed by atoms with Gasteiger partial charge in [0.25, 0.3) is 0 Å². The number of hydrogen-bond acceptors (Lipinski definition) is 2. The Morgan fingerprint density at radius 1 is 1.50 bits per heavy atom. The molecule has 0 aliphatic heterocycles. The van der Waals surface area contributed by atoms with Crippen molar-refractivity contribution in [3.05, 3.63) is 34.1 Å². The van der Waals surface area contributed by atoms with Crippen LogP contribution in [0.1, 0.15) is 12.0 Å². The van der Waals surface area contributed by atoms with Gasteiger partial charge >= 0.3 is 0 Å². The van der Waals surface area contributed by atoms with Gasteiger partial charge in [0.05, 0.1) is 4.47 Å². The van der Waals surface area contributed by atoms with Gasteiger partial charge in [-0.2, -0.15) is 11.8 Å². The first kappa shape index (κ1) is 14.0. The van der Waals surface area contributed by atoms with Gasteiger partial charge < -0.3 is 5.32 Å². The van der Waals surface area contributed by atoms with Crippen LogP contribution in [-0.4, -0.2) is 25.1 Å². The summed E-state index contributed by atoms with van der Waals surface area (Å²) in [5, 5.41) is 3.28. The maximum atomic E-state index is 13.3. The number of nitrogens with one attached hydrogen (secondary N) is 1. The highest BCUT2D eigenvalue weighted by Gasteiger charge is 2.11. The molecule has 1 aromatic rings. The highest BCUT2D eigenvalue weighted by molar-refractivity contribution is 9.10. The molecule has 0 saturated heterocycles. The largest absolute Gasteiger partial charge is 0.317 e. The van der Waals surface area contributed by atoms with Crippen LogP contribution < -0.4 is 5.32 Å². The van der Waals surface area contributed by atoms with Crippen molar-refractivity contribution in [2.75, 3.05) is 19.1 Å². The van der Waals surface area contributed by atoms with Gasteiger partial charge in [0.1, 0.15) is 5.82 Å². The van der Waals surface area contributed by atoms with Crippen LogP contribution in [0.25, 0.3) is 0 Å². The minimum Gasteiger partial charge on any atom is -0.317 e.